The zero-order chi connectivity index (χ0) is 8.65. The van der Waals surface area contributed by atoms with Crippen molar-refractivity contribution in [3.63, 3.8) is 0 Å². The predicted molar refractivity (Wildman–Crippen MR) is 49.8 cm³/mol. The zero-order valence-electron chi connectivity index (χ0n) is 7.36. The van der Waals surface area contributed by atoms with Gasteiger partial charge in [-0.3, -0.25) is 0 Å². The highest BCUT2D eigenvalue weighted by Gasteiger charge is 2.19. The van der Waals surface area contributed by atoms with E-state index in [1.165, 1.54) is 5.56 Å². The van der Waals surface area contributed by atoms with Crippen LogP contribution in [-0.2, 0) is 5.41 Å². The highest BCUT2D eigenvalue weighted by atomic mass is 79.9. The van der Waals surface area contributed by atoms with Crippen LogP contribution in [0.2, 0.25) is 0 Å². The van der Waals surface area contributed by atoms with Gasteiger partial charge in [0.25, 0.3) is 0 Å². The summed E-state index contributed by atoms with van der Waals surface area (Å²) in [6.07, 6.45) is 0. The van der Waals surface area contributed by atoms with E-state index in [1.807, 2.05) is 6.92 Å². The molecule has 11 heavy (non-hydrogen) atoms. The summed E-state index contributed by atoms with van der Waals surface area (Å²) in [6, 6.07) is 2.07. The van der Waals surface area contributed by atoms with E-state index < -0.39 is 0 Å². The Morgan fingerprint density at radius 2 is 1.91 bits per heavy atom. The van der Waals surface area contributed by atoms with Gasteiger partial charge in [0, 0.05) is 5.56 Å². The van der Waals surface area contributed by atoms with Gasteiger partial charge in [-0.05, 0) is 34.3 Å². The largest absolute Gasteiger partial charge is 0.454 e. The van der Waals surface area contributed by atoms with Gasteiger partial charge in [0.15, 0.2) is 4.67 Å². The van der Waals surface area contributed by atoms with Crippen LogP contribution in [0.4, 0.5) is 0 Å². The van der Waals surface area contributed by atoms with Crippen LogP contribution in [0.15, 0.2) is 15.2 Å². The monoisotopic (exact) mass is 216 g/mol. The summed E-state index contributed by atoms with van der Waals surface area (Å²) in [7, 11) is 0. The molecule has 0 atom stereocenters. The molecule has 1 aromatic heterocycles. The third kappa shape index (κ3) is 1.86. The van der Waals surface area contributed by atoms with Crippen molar-refractivity contribution in [3.05, 3.63) is 22.1 Å². The van der Waals surface area contributed by atoms with E-state index in [2.05, 4.69) is 42.8 Å². The molecule has 1 rings (SSSR count). The summed E-state index contributed by atoms with van der Waals surface area (Å²) in [6.45, 7) is 8.46. The van der Waals surface area contributed by atoms with Gasteiger partial charge >= 0.3 is 0 Å². The van der Waals surface area contributed by atoms with Crippen molar-refractivity contribution in [1.29, 1.82) is 0 Å². The van der Waals surface area contributed by atoms with Crippen molar-refractivity contribution in [2.45, 2.75) is 33.1 Å². The van der Waals surface area contributed by atoms with Crippen LogP contribution in [0.5, 0.6) is 0 Å². The fourth-order valence-corrected chi connectivity index (χ4v) is 1.96. The minimum absolute atomic E-state index is 0.163. The van der Waals surface area contributed by atoms with Crippen LogP contribution in [0.25, 0.3) is 0 Å². The standard InChI is InChI=1S/C9H13BrO/c1-6-5-7(8(10)11-6)9(2,3)4/h5H,1-4H3. The molecule has 1 nitrogen and oxygen atoms in total. The fourth-order valence-electron chi connectivity index (χ4n) is 0.997. The second-order valence-corrected chi connectivity index (χ2v) is 4.51. The van der Waals surface area contributed by atoms with Crippen LogP contribution in [0.1, 0.15) is 32.1 Å². The number of rotatable bonds is 0. The second-order valence-electron chi connectivity index (χ2n) is 3.79. The minimum atomic E-state index is 0.163. The van der Waals surface area contributed by atoms with E-state index >= 15 is 0 Å². The number of hydrogen-bond donors (Lipinski definition) is 0. The topological polar surface area (TPSA) is 13.1 Å². The first-order valence-corrected chi connectivity index (χ1v) is 4.47. The summed E-state index contributed by atoms with van der Waals surface area (Å²) >= 11 is 3.39. The molecule has 0 aromatic carbocycles. The average molecular weight is 217 g/mol. The third-order valence-electron chi connectivity index (χ3n) is 1.62. The fraction of sp³-hybridized carbons (Fsp3) is 0.556. The van der Waals surface area contributed by atoms with Crippen molar-refractivity contribution in [2.75, 3.05) is 0 Å². The summed E-state index contributed by atoms with van der Waals surface area (Å²) in [4.78, 5) is 0. The van der Waals surface area contributed by atoms with E-state index in [4.69, 9.17) is 4.42 Å². The summed E-state index contributed by atoms with van der Waals surface area (Å²) in [5.41, 5.74) is 1.39. The normalized spacial score (nSPS) is 12.1. The molecule has 0 aliphatic carbocycles. The molecule has 0 radical (unpaired) electrons. The molecule has 0 spiro atoms. The van der Waals surface area contributed by atoms with E-state index in [9.17, 15) is 0 Å². The van der Waals surface area contributed by atoms with Gasteiger partial charge in [-0.15, -0.1) is 0 Å². The number of aryl methyl sites for hydroxylation is 1. The summed E-state index contributed by atoms with van der Waals surface area (Å²) < 4.78 is 6.22. The lowest BCUT2D eigenvalue weighted by Crippen LogP contribution is -2.09. The Hall–Kier alpha value is -0.240. The molecular weight excluding hydrogens is 204 g/mol. The van der Waals surface area contributed by atoms with E-state index in [0.717, 1.165) is 10.4 Å². The lowest BCUT2D eigenvalue weighted by Gasteiger charge is -2.15. The highest BCUT2D eigenvalue weighted by molar-refractivity contribution is 9.10. The Balaban J connectivity index is 3.13. The van der Waals surface area contributed by atoms with Crippen molar-refractivity contribution in [1.82, 2.24) is 0 Å². The quantitative estimate of drug-likeness (QED) is 0.646. The molecular formula is C9H13BrO. The third-order valence-corrected chi connectivity index (χ3v) is 2.21. The highest BCUT2D eigenvalue weighted by Crippen LogP contribution is 2.31. The van der Waals surface area contributed by atoms with Gasteiger partial charge in [0.05, 0.1) is 0 Å². The molecule has 0 aliphatic rings. The van der Waals surface area contributed by atoms with Gasteiger partial charge in [0.2, 0.25) is 0 Å². The van der Waals surface area contributed by atoms with Crippen LogP contribution in [0, 0.1) is 6.92 Å². The number of hydrogen-bond acceptors (Lipinski definition) is 1. The molecule has 0 saturated heterocycles. The van der Waals surface area contributed by atoms with Gasteiger partial charge in [-0.1, -0.05) is 20.8 Å². The predicted octanol–water partition coefficient (Wildman–Crippen LogP) is 3.65. The number of halogens is 1. The Kier molecular flexibility index (Phi) is 2.15. The van der Waals surface area contributed by atoms with Crippen LogP contribution < -0.4 is 0 Å². The lowest BCUT2D eigenvalue weighted by atomic mass is 9.89. The molecule has 0 amide bonds. The van der Waals surface area contributed by atoms with Gasteiger partial charge in [-0.25, -0.2) is 0 Å². The van der Waals surface area contributed by atoms with Crippen LogP contribution >= 0.6 is 15.9 Å². The Labute approximate surface area is 75.9 Å². The van der Waals surface area contributed by atoms with Crippen molar-refractivity contribution in [2.24, 2.45) is 0 Å². The van der Waals surface area contributed by atoms with Gasteiger partial charge in [0.1, 0.15) is 5.76 Å². The first-order valence-electron chi connectivity index (χ1n) is 3.67. The lowest BCUT2D eigenvalue weighted by molar-refractivity contribution is 0.492. The van der Waals surface area contributed by atoms with Crippen molar-refractivity contribution >= 4 is 15.9 Å². The van der Waals surface area contributed by atoms with Gasteiger partial charge in [-0.2, -0.15) is 0 Å². The Morgan fingerprint density at radius 3 is 2.09 bits per heavy atom. The molecule has 2 heteroatoms. The summed E-state index contributed by atoms with van der Waals surface area (Å²) in [5, 5.41) is 0. The Bertz CT molecular complexity index is 255. The van der Waals surface area contributed by atoms with E-state index in [0.29, 0.717) is 0 Å². The minimum Gasteiger partial charge on any atom is -0.454 e. The molecule has 0 saturated carbocycles. The molecule has 0 fully saturated rings. The first-order chi connectivity index (χ1) is 4.91. The van der Waals surface area contributed by atoms with E-state index in [-0.39, 0.29) is 5.41 Å². The van der Waals surface area contributed by atoms with E-state index in [1.54, 1.807) is 0 Å². The average Bonchev–Trinajstić information content (AvgIpc) is 2.08. The maximum Gasteiger partial charge on any atom is 0.173 e. The molecule has 62 valence electrons. The molecule has 0 aliphatic heterocycles. The zero-order valence-corrected chi connectivity index (χ0v) is 8.95. The molecule has 1 aromatic rings. The second kappa shape index (κ2) is 2.67. The van der Waals surface area contributed by atoms with Crippen molar-refractivity contribution in [3.8, 4) is 0 Å². The first kappa shape index (κ1) is 8.85. The van der Waals surface area contributed by atoms with Crippen molar-refractivity contribution < 1.29 is 4.42 Å². The van der Waals surface area contributed by atoms with Gasteiger partial charge < -0.3 is 4.42 Å². The van der Waals surface area contributed by atoms with Crippen LogP contribution in [0.3, 0.4) is 0 Å². The Morgan fingerprint density at radius 1 is 1.36 bits per heavy atom. The molecule has 0 bridgehead atoms. The molecule has 0 N–H and O–H groups in total. The maximum absolute atomic E-state index is 5.36. The summed E-state index contributed by atoms with van der Waals surface area (Å²) in [5.74, 6) is 0.960. The van der Waals surface area contributed by atoms with Crippen LogP contribution in [-0.4, -0.2) is 0 Å². The smallest absolute Gasteiger partial charge is 0.173 e. The molecule has 1 heterocycles. The SMILES string of the molecule is Cc1cc(C(C)(C)C)c(Br)o1. The number of furan rings is 1. The molecule has 0 unspecified atom stereocenters. The maximum atomic E-state index is 5.36.